The topological polar surface area (TPSA) is 67.5 Å². The van der Waals surface area contributed by atoms with Crippen LogP contribution in [-0.4, -0.2) is 10.6 Å². The van der Waals surface area contributed by atoms with E-state index in [0.717, 1.165) is 16.7 Å². The summed E-state index contributed by atoms with van der Waals surface area (Å²) in [6, 6.07) is 20.5. The SMILES string of the molecule is CC(=NNc1cccc([N+](=O)[O-])c1)c1ccc2ccccc2c1. The monoisotopic (exact) mass is 305 g/mol. The number of nitro benzene ring substituents is 1. The molecule has 114 valence electrons. The molecule has 0 aromatic heterocycles. The van der Waals surface area contributed by atoms with Gasteiger partial charge in [-0.25, -0.2) is 0 Å². The van der Waals surface area contributed by atoms with Crippen molar-refractivity contribution in [2.24, 2.45) is 5.10 Å². The predicted molar refractivity (Wildman–Crippen MR) is 92.9 cm³/mol. The second kappa shape index (κ2) is 6.27. The van der Waals surface area contributed by atoms with Crippen molar-refractivity contribution in [1.82, 2.24) is 0 Å². The quantitative estimate of drug-likeness (QED) is 0.435. The number of rotatable bonds is 4. The van der Waals surface area contributed by atoms with E-state index < -0.39 is 4.92 Å². The van der Waals surface area contributed by atoms with Crippen molar-refractivity contribution in [3.05, 3.63) is 82.4 Å². The van der Waals surface area contributed by atoms with Gasteiger partial charge in [0.05, 0.1) is 16.3 Å². The first-order chi connectivity index (χ1) is 11.1. The van der Waals surface area contributed by atoms with Gasteiger partial charge in [-0.15, -0.1) is 0 Å². The molecular weight excluding hydrogens is 290 g/mol. The Bertz CT molecular complexity index is 903. The van der Waals surface area contributed by atoms with Crippen LogP contribution in [0.15, 0.2) is 71.8 Å². The van der Waals surface area contributed by atoms with Crippen LogP contribution in [0.4, 0.5) is 11.4 Å². The predicted octanol–water partition coefficient (Wildman–Crippen LogP) is 4.58. The van der Waals surface area contributed by atoms with Gasteiger partial charge in [0.25, 0.3) is 5.69 Å². The summed E-state index contributed by atoms with van der Waals surface area (Å²) in [6.07, 6.45) is 0. The van der Waals surface area contributed by atoms with Crippen LogP contribution >= 0.6 is 0 Å². The molecule has 0 amide bonds. The Morgan fingerprint density at radius 3 is 2.57 bits per heavy atom. The van der Waals surface area contributed by atoms with E-state index in [1.807, 2.05) is 25.1 Å². The Morgan fingerprint density at radius 1 is 1.00 bits per heavy atom. The second-order valence-corrected chi connectivity index (χ2v) is 5.18. The molecule has 3 rings (SSSR count). The first-order valence-corrected chi connectivity index (χ1v) is 7.17. The summed E-state index contributed by atoms with van der Waals surface area (Å²) < 4.78 is 0. The van der Waals surface area contributed by atoms with Gasteiger partial charge in [-0.05, 0) is 35.4 Å². The number of hydrogen-bond donors (Lipinski definition) is 1. The van der Waals surface area contributed by atoms with E-state index >= 15 is 0 Å². The van der Waals surface area contributed by atoms with Crippen LogP contribution in [0.3, 0.4) is 0 Å². The molecule has 0 bridgehead atoms. The Morgan fingerprint density at radius 2 is 1.78 bits per heavy atom. The summed E-state index contributed by atoms with van der Waals surface area (Å²) in [5.74, 6) is 0. The molecule has 0 heterocycles. The highest BCUT2D eigenvalue weighted by atomic mass is 16.6. The van der Waals surface area contributed by atoms with Gasteiger partial charge in [0.15, 0.2) is 0 Å². The van der Waals surface area contributed by atoms with Crippen molar-refractivity contribution >= 4 is 27.9 Å². The third-order valence-corrected chi connectivity index (χ3v) is 3.58. The molecule has 0 saturated carbocycles. The lowest BCUT2D eigenvalue weighted by molar-refractivity contribution is -0.384. The van der Waals surface area contributed by atoms with Gasteiger partial charge in [0.2, 0.25) is 0 Å². The fourth-order valence-corrected chi connectivity index (χ4v) is 2.32. The molecule has 3 aromatic rings. The number of benzene rings is 3. The molecule has 0 atom stereocenters. The van der Waals surface area contributed by atoms with Gasteiger partial charge < -0.3 is 0 Å². The lowest BCUT2D eigenvalue weighted by Crippen LogP contribution is -2.00. The molecule has 1 N–H and O–H groups in total. The first-order valence-electron chi connectivity index (χ1n) is 7.17. The maximum atomic E-state index is 10.8. The van der Waals surface area contributed by atoms with E-state index in [-0.39, 0.29) is 5.69 Å². The standard InChI is InChI=1S/C18H15N3O2/c1-13(15-10-9-14-5-2-3-6-16(14)11-15)19-20-17-7-4-8-18(12-17)21(22)23/h2-12,20H,1H3. The third-order valence-electron chi connectivity index (χ3n) is 3.58. The number of nitro groups is 1. The van der Waals surface area contributed by atoms with Gasteiger partial charge in [-0.1, -0.05) is 42.5 Å². The molecule has 5 heteroatoms. The Balaban J connectivity index is 1.83. The average molecular weight is 305 g/mol. The molecule has 0 aliphatic rings. The number of fused-ring (bicyclic) bond motifs is 1. The highest BCUT2D eigenvalue weighted by Gasteiger charge is 2.05. The molecule has 0 unspecified atom stereocenters. The fraction of sp³-hybridized carbons (Fsp3) is 0.0556. The first kappa shape index (κ1) is 14.7. The van der Waals surface area contributed by atoms with Crippen LogP contribution in [0.2, 0.25) is 0 Å². The van der Waals surface area contributed by atoms with E-state index in [9.17, 15) is 10.1 Å². The van der Waals surface area contributed by atoms with Gasteiger partial charge in [-0.2, -0.15) is 5.10 Å². The minimum absolute atomic E-state index is 0.0357. The Kier molecular flexibility index (Phi) is 4.01. The van der Waals surface area contributed by atoms with Gasteiger partial charge >= 0.3 is 0 Å². The molecular formula is C18H15N3O2. The average Bonchev–Trinajstić information content (AvgIpc) is 2.59. The number of hydrogen-bond acceptors (Lipinski definition) is 4. The number of non-ortho nitro benzene ring substituents is 1. The lowest BCUT2D eigenvalue weighted by atomic mass is 10.0. The fourth-order valence-electron chi connectivity index (χ4n) is 2.32. The smallest absolute Gasteiger partial charge is 0.271 e. The summed E-state index contributed by atoms with van der Waals surface area (Å²) in [5, 5.41) is 17.4. The van der Waals surface area contributed by atoms with Crippen molar-refractivity contribution < 1.29 is 4.92 Å². The molecule has 0 radical (unpaired) electrons. The number of anilines is 1. The lowest BCUT2D eigenvalue weighted by Gasteiger charge is -2.05. The van der Waals surface area contributed by atoms with Crippen molar-refractivity contribution in [2.75, 3.05) is 5.43 Å². The van der Waals surface area contributed by atoms with Crippen LogP contribution in [0.1, 0.15) is 12.5 Å². The zero-order valence-electron chi connectivity index (χ0n) is 12.6. The molecule has 0 aliphatic carbocycles. The molecule has 5 nitrogen and oxygen atoms in total. The van der Waals surface area contributed by atoms with Crippen LogP contribution in [0.25, 0.3) is 10.8 Å². The minimum Gasteiger partial charge on any atom is -0.278 e. The summed E-state index contributed by atoms with van der Waals surface area (Å²) in [4.78, 5) is 10.4. The van der Waals surface area contributed by atoms with Crippen molar-refractivity contribution in [3.8, 4) is 0 Å². The Labute approximate surface area is 133 Å². The van der Waals surface area contributed by atoms with Crippen LogP contribution < -0.4 is 5.43 Å². The minimum atomic E-state index is -0.426. The van der Waals surface area contributed by atoms with Gasteiger partial charge in [0, 0.05) is 12.1 Å². The highest BCUT2D eigenvalue weighted by molar-refractivity contribution is 6.02. The zero-order chi connectivity index (χ0) is 16.2. The maximum absolute atomic E-state index is 10.8. The highest BCUT2D eigenvalue weighted by Crippen LogP contribution is 2.18. The van der Waals surface area contributed by atoms with Crippen molar-refractivity contribution in [3.63, 3.8) is 0 Å². The number of hydrazone groups is 1. The van der Waals surface area contributed by atoms with E-state index in [1.165, 1.54) is 17.5 Å². The van der Waals surface area contributed by atoms with E-state index in [0.29, 0.717) is 5.69 Å². The molecule has 0 aliphatic heterocycles. The summed E-state index contributed by atoms with van der Waals surface area (Å²) in [6.45, 7) is 1.90. The second-order valence-electron chi connectivity index (χ2n) is 5.18. The molecule has 0 fully saturated rings. The summed E-state index contributed by atoms with van der Waals surface area (Å²) >= 11 is 0. The molecule has 0 saturated heterocycles. The van der Waals surface area contributed by atoms with E-state index in [4.69, 9.17) is 0 Å². The third kappa shape index (κ3) is 3.35. The van der Waals surface area contributed by atoms with Gasteiger partial charge in [0.1, 0.15) is 0 Å². The van der Waals surface area contributed by atoms with E-state index in [2.05, 4.69) is 34.8 Å². The van der Waals surface area contributed by atoms with Crippen LogP contribution in [-0.2, 0) is 0 Å². The summed E-state index contributed by atoms with van der Waals surface area (Å²) in [5.41, 5.74) is 5.30. The van der Waals surface area contributed by atoms with Crippen molar-refractivity contribution in [2.45, 2.75) is 6.92 Å². The molecule has 23 heavy (non-hydrogen) atoms. The van der Waals surface area contributed by atoms with Crippen LogP contribution in [0, 0.1) is 10.1 Å². The normalized spacial score (nSPS) is 11.4. The molecule has 0 spiro atoms. The van der Waals surface area contributed by atoms with Crippen LogP contribution in [0.5, 0.6) is 0 Å². The zero-order valence-corrected chi connectivity index (χ0v) is 12.6. The molecule has 3 aromatic carbocycles. The summed E-state index contributed by atoms with van der Waals surface area (Å²) in [7, 11) is 0. The number of nitrogens with one attached hydrogen (secondary N) is 1. The van der Waals surface area contributed by atoms with Crippen molar-refractivity contribution in [1.29, 1.82) is 0 Å². The largest absolute Gasteiger partial charge is 0.278 e. The van der Waals surface area contributed by atoms with Gasteiger partial charge in [-0.3, -0.25) is 15.5 Å². The number of nitrogens with zero attached hydrogens (tertiary/aromatic N) is 2. The van der Waals surface area contributed by atoms with E-state index in [1.54, 1.807) is 12.1 Å². The Hall–Kier alpha value is -3.21. The maximum Gasteiger partial charge on any atom is 0.271 e.